The second kappa shape index (κ2) is 8.11. The van der Waals surface area contributed by atoms with Crippen molar-refractivity contribution in [2.24, 2.45) is 0 Å². The summed E-state index contributed by atoms with van der Waals surface area (Å²) in [5.41, 5.74) is 1.21. The van der Waals surface area contributed by atoms with Crippen molar-refractivity contribution in [3.8, 4) is 5.75 Å². The molecule has 0 aliphatic carbocycles. The Labute approximate surface area is 110 Å². The number of methoxy groups -OCH3 is 1. The summed E-state index contributed by atoms with van der Waals surface area (Å²) in [6, 6.07) is 8.48. The summed E-state index contributed by atoms with van der Waals surface area (Å²) in [5.74, 6) is 0.945. The predicted molar refractivity (Wildman–Crippen MR) is 75.1 cm³/mol. The third-order valence-corrected chi connectivity index (χ3v) is 3.03. The van der Waals surface area contributed by atoms with Gasteiger partial charge in [0.15, 0.2) is 0 Å². The van der Waals surface area contributed by atoms with E-state index in [0.717, 1.165) is 25.3 Å². The topological polar surface area (TPSA) is 30.5 Å². The second-order valence-electron chi connectivity index (χ2n) is 4.38. The lowest BCUT2D eigenvalue weighted by atomic mass is 10.0. The van der Waals surface area contributed by atoms with E-state index in [1.54, 1.807) is 7.11 Å². The van der Waals surface area contributed by atoms with E-state index >= 15 is 0 Å². The molecule has 102 valence electrons. The van der Waals surface area contributed by atoms with Crippen LogP contribution in [0.1, 0.15) is 38.8 Å². The van der Waals surface area contributed by atoms with Gasteiger partial charge in [-0.05, 0) is 26.3 Å². The Bertz CT molecular complexity index is 341. The van der Waals surface area contributed by atoms with Crippen molar-refractivity contribution in [1.82, 2.24) is 5.32 Å². The summed E-state index contributed by atoms with van der Waals surface area (Å²) >= 11 is 0. The van der Waals surface area contributed by atoms with Gasteiger partial charge in [-0.25, -0.2) is 0 Å². The zero-order chi connectivity index (χ0) is 13.4. The minimum Gasteiger partial charge on any atom is -0.496 e. The molecule has 0 aliphatic heterocycles. The third kappa shape index (κ3) is 4.31. The number of nitrogens with one attached hydrogen (secondary N) is 1. The second-order valence-corrected chi connectivity index (χ2v) is 4.38. The lowest BCUT2D eigenvalue weighted by molar-refractivity contribution is 0.0737. The van der Waals surface area contributed by atoms with Crippen LogP contribution in [-0.4, -0.2) is 26.4 Å². The molecule has 1 aromatic rings. The van der Waals surface area contributed by atoms with Gasteiger partial charge in [0.25, 0.3) is 0 Å². The molecule has 0 spiro atoms. The Morgan fingerprint density at radius 1 is 1.22 bits per heavy atom. The van der Waals surface area contributed by atoms with Crippen LogP contribution in [0.15, 0.2) is 24.3 Å². The third-order valence-electron chi connectivity index (χ3n) is 3.03. The van der Waals surface area contributed by atoms with Crippen LogP contribution in [0.25, 0.3) is 0 Å². The smallest absolute Gasteiger partial charge is 0.123 e. The van der Waals surface area contributed by atoms with E-state index in [9.17, 15) is 0 Å². The van der Waals surface area contributed by atoms with Crippen LogP contribution < -0.4 is 10.1 Å². The van der Waals surface area contributed by atoms with Crippen molar-refractivity contribution < 1.29 is 9.47 Å². The number of hydrogen-bond acceptors (Lipinski definition) is 3. The van der Waals surface area contributed by atoms with E-state index in [4.69, 9.17) is 9.47 Å². The van der Waals surface area contributed by atoms with Gasteiger partial charge in [0.2, 0.25) is 0 Å². The number of benzene rings is 1. The molecule has 18 heavy (non-hydrogen) atoms. The normalized spacial score (nSPS) is 14.2. The van der Waals surface area contributed by atoms with E-state index in [2.05, 4.69) is 25.2 Å². The van der Waals surface area contributed by atoms with E-state index in [1.165, 1.54) is 5.56 Å². The number of hydrogen-bond donors (Lipinski definition) is 1. The highest BCUT2D eigenvalue weighted by Gasteiger charge is 2.14. The zero-order valence-corrected chi connectivity index (χ0v) is 11.9. The molecule has 0 amide bonds. The largest absolute Gasteiger partial charge is 0.496 e. The molecule has 3 heteroatoms. The van der Waals surface area contributed by atoms with E-state index in [-0.39, 0.29) is 6.10 Å². The first-order valence-corrected chi connectivity index (χ1v) is 6.70. The molecule has 0 fully saturated rings. The number of rotatable bonds is 8. The molecule has 1 N–H and O–H groups in total. The first-order chi connectivity index (χ1) is 8.72. The molecule has 0 saturated carbocycles. The van der Waals surface area contributed by atoms with E-state index in [0.29, 0.717) is 6.04 Å². The van der Waals surface area contributed by atoms with Crippen LogP contribution >= 0.6 is 0 Å². The lowest BCUT2D eigenvalue weighted by Crippen LogP contribution is -2.30. The van der Waals surface area contributed by atoms with Crippen molar-refractivity contribution >= 4 is 0 Å². The van der Waals surface area contributed by atoms with Gasteiger partial charge in [0, 0.05) is 24.8 Å². The van der Waals surface area contributed by atoms with Crippen LogP contribution in [0.4, 0.5) is 0 Å². The van der Waals surface area contributed by atoms with Crippen molar-refractivity contribution in [2.75, 3.05) is 20.3 Å². The Hall–Kier alpha value is -1.06. The zero-order valence-electron chi connectivity index (χ0n) is 11.9. The molecule has 0 heterocycles. The fourth-order valence-electron chi connectivity index (χ4n) is 2.08. The van der Waals surface area contributed by atoms with E-state index < -0.39 is 0 Å². The molecule has 0 radical (unpaired) electrons. The SMILES string of the molecule is CCOC(C)CNC(CC)c1ccccc1OC. The maximum atomic E-state index is 5.54. The average Bonchev–Trinajstić information content (AvgIpc) is 2.40. The summed E-state index contributed by atoms with van der Waals surface area (Å²) in [7, 11) is 1.72. The van der Waals surface area contributed by atoms with Gasteiger partial charge in [0.05, 0.1) is 13.2 Å². The van der Waals surface area contributed by atoms with Gasteiger partial charge in [0.1, 0.15) is 5.75 Å². The first kappa shape index (κ1) is 15.0. The number of para-hydroxylation sites is 1. The minimum atomic E-state index is 0.235. The van der Waals surface area contributed by atoms with Crippen LogP contribution in [0.5, 0.6) is 5.75 Å². The standard InChI is InChI=1S/C15H25NO2/c1-5-14(16-11-12(3)18-6-2)13-9-7-8-10-15(13)17-4/h7-10,12,14,16H,5-6,11H2,1-4H3. The maximum Gasteiger partial charge on any atom is 0.123 e. The Morgan fingerprint density at radius 2 is 1.94 bits per heavy atom. The van der Waals surface area contributed by atoms with Crippen LogP contribution in [0, 0.1) is 0 Å². The van der Waals surface area contributed by atoms with Gasteiger partial charge in [-0.2, -0.15) is 0 Å². The van der Waals surface area contributed by atoms with Crippen LogP contribution in [0.3, 0.4) is 0 Å². The minimum absolute atomic E-state index is 0.235. The van der Waals surface area contributed by atoms with Gasteiger partial charge < -0.3 is 14.8 Å². The lowest BCUT2D eigenvalue weighted by Gasteiger charge is -2.22. The molecule has 1 aromatic carbocycles. The highest BCUT2D eigenvalue weighted by Crippen LogP contribution is 2.26. The van der Waals surface area contributed by atoms with E-state index in [1.807, 2.05) is 25.1 Å². The monoisotopic (exact) mass is 251 g/mol. The molecule has 2 unspecified atom stereocenters. The fourth-order valence-corrected chi connectivity index (χ4v) is 2.08. The summed E-state index contributed by atoms with van der Waals surface area (Å²) in [5, 5.41) is 3.54. The van der Waals surface area contributed by atoms with Crippen molar-refractivity contribution in [1.29, 1.82) is 0 Å². The van der Waals surface area contributed by atoms with Crippen LogP contribution in [-0.2, 0) is 4.74 Å². The first-order valence-electron chi connectivity index (χ1n) is 6.70. The van der Waals surface area contributed by atoms with Crippen molar-refractivity contribution in [3.05, 3.63) is 29.8 Å². The van der Waals surface area contributed by atoms with Gasteiger partial charge in [-0.3, -0.25) is 0 Å². The predicted octanol–water partition coefficient (Wildman–Crippen LogP) is 3.16. The Morgan fingerprint density at radius 3 is 2.56 bits per heavy atom. The average molecular weight is 251 g/mol. The quantitative estimate of drug-likeness (QED) is 0.770. The Balaban J connectivity index is 2.65. The number of ether oxygens (including phenoxy) is 2. The highest BCUT2D eigenvalue weighted by molar-refractivity contribution is 5.35. The maximum absolute atomic E-state index is 5.54. The molecular formula is C15H25NO2. The molecule has 2 atom stereocenters. The molecular weight excluding hydrogens is 226 g/mol. The Kier molecular flexibility index (Phi) is 6.76. The van der Waals surface area contributed by atoms with Crippen LogP contribution in [0.2, 0.25) is 0 Å². The molecule has 0 saturated heterocycles. The fraction of sp³-hybridized carbons (Fsp3) is 0.600. The summed E-state index contributed by atoms with van der Waals surface area (Å²) in [6.07, 6.45) is 1.26. The van der Waals surface area contributed by atoms with Gasteiger partial charge >= 0.3 is 0 Å². The summed E-state index contributed by atoms with van der Waals surface area (Å²) < 4.78 is 10.9. The molecule has 0 bridgehead atoms. The van der Waals surface area contributed by atoms with Crippen molar-refractivity contribution in [2.45, 2.75) is 39.3 Å². The molecule has 0 aromatic heterocycles. The van der Waals surface area contributed by atoms with Crippen molar-refractivity contribution in [3.63, 3.8) is 0 Å². The molecule has 0 aliphatic rings. The highest BCUT2D eigenvalue weighted by atomic mass is 16.5. The summed E-state index contributed by atoms with van der Waals surface area (Å²) in [4.78, 5) is 0. The molecule has 3 nitrogen and oxygen atoms in total. The van der Waals surface area contributed by atoms with Gasteiger partial charge in [-0.1, -0.05) is 25.1 Å². The van der Waals surface area contributed by atoms with Gasteiger partial charge in [-0.15, -0.1) is 0 Å². The summed E-state index contributed by atoms with van der Waals surface area (Å²) in [6.45, 7) is 7.90. The molecule has 1 rings (SSSR count).